The van der Waals surface area contributed by atoms with Crippen molar-refractivity contribution in [3.8, 4) is 0 Å². The fraction of sp³-hybridized carbons (Fsp3) is 0.333. The number of aromatic nitrogens is 2. The summed E-state index contributed by atoms with van der Waals surface area (Å²) in [6.45, 7) is 6.38. The summed E-state index contributed by atoms with van der Waals surface area (Å²) in [6.07, 6.45) is 4.45. The maximum atomic E-state index is 12.5. The van der Waals surface area contributed by atoms with Gasteiger partial charge < -0.3 is 9.88 Å². The highest BCUT2D eigenvalue weighted by molar-refractivity contribution is 7.19. The van der Waals surface area contributed by atoms with Crippen molar-refractivity contribution in [2.45, 2.75) is 32.7 Å². The van der Waals surface area contributed by atoms with Gasteiger partial charge in [0.2, 0.25) is 5.91 Å². The Morgan fingerprint density at radius 2 is 2.13 bits per heavy atom. The van der Waals surface area contributed by atoms with Crippen LogP contribution < -0.4 is 5.32 Å². The molecule has 1 amide bonds. The standard InChI is InChI=1S/C18H21N3OS/c1-13-11-21(12-20-13)18(2,3)17(22)19-9-8-15-10-14-6-4-5-7-16(14)23-15/h4-7,10-12H,8-9H2,1-3H3,(H,19,22). The number of rotatable bonds is 5. The lowest BCUT2D eigenvalue weighted by molar-refractivity contribution is -0.128. The van der Waals surface area contributed by atoms with Gasteiger partial charge in [0, 0.05) is 22.3 Å². The minimum atomic E-state index is -0.637. The second kappa shape index (κ2) is 6.16. The molecule has 1 N–H and O–H groups in total. The first kappa shape index (κ1) is 15.7. The van der Waals surface area contributed by atoms with Crippen molar-refractivity contribution in [1.82, 2.24) is 14.9 Å². The van der Waals surface area contributed by atoms with Crippen LogP contribution in [0.3, 0.4) is 0 Å². The van der Waals surface area contributed by atoms with E-state index in [0.717, 1.165) is 12.1 Å². The minimum Gasteiger partial charge on any atom is -0.354 e. The Labute approximate surface area is 140 Å². The largest absolute Gasteiger partial charge is 0.354 e. The zero-order valence-electron chi connectivity index (χ0n) is 13.7. The molecule has 120 valence electrons. The molecule has 0 aliphatic heterocycles. The van der Waals surface area contributed by atoms with Gasteiger partial charge in [-0.1, -0.05) is 18.2 Å². The Kier molecular flexibility index (Phi) is 4.22. The number of fused-ring (bicyclic) bond motifs is 1. The Morgan fingerprint density at radius 1 is 1.35 bits per heavy atom. The molecule has 1 aromatic carbocycles. The summed E-state index contributed by atoms with van der Waals surface area (Å²) in [4.78, 5) is 18.0. The number of hydrogen-bond donors (Lipinski definition) is 1. The fourth-order valence-electron chi connectivity index (χ4n) is 2.52. The molecule has 0 saturated carbocycles. The van der Waals surface area contributed by atoms with Crippen LogP contribution in [-0.2, 0) is 16.8 Å². The number of imidazole rings is 1. The number of carbonyl (C=O) groups excluding carboxylic acids is 1. The Morgan fingerprint density at radius 3 is 2.83 bits per heavy atom. The maximum absolute atomic E-state index is 12.5. The molecular formula is C18H21N3OS. The van der Waals surface area contributed by atoms with Crippen LogP contribution in [0.5, 0.6) is 0 Å². The number of nitrogens with one attached hydrogen (secondary N) is 1. The monoisotopic (exact) mass is 327 g/mol. The van der Waals surface area contributed by atoms with Gasteiger partial charge in [0.15, 0.2) is 0 Å². The number of carbonyl (C=O) groups is 1. The molecule has 0 aliphatic carbocycles. The van der Waals surface area contributed by atoms with Crippen molar-refractivity contribution >= 4 is 27.3 Å². The van der Waals surface area contributed by atoms with Crippen molar-refractivity contribution in [1.29, 1.82) is 0 Å². The van der Waals surface area contributed by atoms with E-state index in [1.165, 1.54) is 15.0 Å². The average molecular weight is 327 g/mol. The number of hydrogen-bond acceptors (Lipinski definition) is 3. The summed E-state index contributed by atoms with van der Waals surface area (Å²) < 4.78 is 3.15. The van der Waals surface area contributed by atoms with Gasteiger partial charge in [-0.05, 0) is 44.7 Å². The Bertz CT molecular complexity index is 799. The summed E-state index contributed by atoms with van der Waals surface area (Å²) >= 11 is 1.79. The van der Waals surface area contributed by atoms with E-state index < -0.39 is 5.54 Å². The van der Waals surface area contributed by atoms with E-state index in [1.807, 2.05) is 31.5 Å². The van der Waals surface area contributed by atoms with E-state index in [-0.39, 0.29) is 5.91 Å². The lowest BCUT2D eigenvalue weighted by atomic mass is 10.0. The molecule has 3 rings (SSSR count). The smallest absolute Gasteiger partial charge is 0.245 e. The average Bonchev–Trinajstić information content (AvgIpc) is 3.12. The third kappa shape index (κ3) is 3.29. The molecule has 2 heterocycles. The van der Waals surface area contributed by atoms with Crippen LogP contribution in [0.4, 0.5) is 0 Å². The highest BCUT2D eigenvalue weighted by Gasteiger charge is 2.29. The zero-order valence-corrected chi connectivity index (χ0v) is 14.5. The molecule has 4 nitrogen and oxygen atoms in total. The highest BCUT2D eigenvalue weighted by Crippen LogP contribution is 2.25. The van der Waals surface area contributed by atoms with Crippen LogP contribution >= 0.6 is 11.3 Å². The van der Waals surface area contributed by atoms with E-state index in [4.69, 9.17) is 0 Å². The maximum Gasteiger partial charge on any atom is 0.245 e. The van der Waals surface area contributed by atoms with Crippen LogP contribution in [0, 0.1) is 6.92 Å². The molecule has 2 aromatic heterocycles. The van der Waals surface area contributed by atoms with Crippen molar-refractivity contribution in [2.75, 3.05) is 6.54 Å². The van der Waals surface area contributed by atoms with E-state index in [9.17, 15) is 4.79 Å². The quantitative estimate of drug-likeness (QED) is 0.779. The molecule has 23 heavy (non-hydrogen) atoms. The molecular weight excluding hydrogens is 306 g/mol. The molecule has 0 unspecified atom stereocenters. The number of thiophene rings is 1. The summed E-state index contributed by atoms with van der Waals surface area (Å²) in [5, 5.41) is 4.31. The van der Waals surface area contributed by atoms with E-state index in [2.05, 4.69) is 40.6 Å². The van der Waals surface area contributed by atoms with E-state index >= 15 is 0 Å². The predicted octanol–water partition coefficient (Wildman–Crippen LogP) is 3.50. The zero-order chi connectivity index (χ0) is 16.4. The molecule has 0 saturated heterocycles. The van der Waals surface area contributed by atoms with Crippen LogP contribution in [-0.4, -0.2) is 22.0 Å². The molecule has 0 aliphatic rings. The molecule has 3 aromatic rings. The van der Waals surface area contributed by atoms with Gasteiger partial charge in [-0.25, -0.2) is 4.98 Å². The van der Waals surface area contributed by atoms with Gasteiger partial charge in [-0.2, -0.15) is 0 Å². The number of amides is 1. The van der Waals surface area contributed by atoms with Gasteiger partial charge in [0.25, 0.3) is 0 Å². The van der Waals surface area contributed by atoms with Gasteiger partial charge in [0.1, 0.15) is 5.54 Å². The molecule has 0 atom stereocenters. The van der Waals surface area contributed by atoms with Crippen molar-refractivity contribution in [3.05, 3.63) is 53.4 Å². The van der Waals surface area contributed by atoms with Crippen LogP contribution in [0.2, 0.25) is 0 Å². The summed E-state index contributed by atoms with van der Waals surface area (Å²) in [5.41, 5.74) is 0.276. The van der Waals surface area contributed by atoms with Gasteiger partial charge >= 0.3 is 0 Å². The highest BCUT2D eigenvalue weighted by atomic mass is 32.1. The summed E-state index contributed by atoms with van der Waals surface area (Å²) in [6, 6.07) is 10.6. The Hall–Kier alpha value is -2.14. The topological polar surface area (TPSA) is 46.9 Å². The molecule has 0 radical (unpaired) electrons. The first-order chi connectivity index (χ1) is 11.0. The lowest BCUT2D eigenvalue weighted by Gasteiger charge is -2.25. The third-order valence-electron chi connectivity index (χ3n) is 4.05. The first-order valence-corrected chi connectivity index (χ1v) is 8.55. The summed E-state index contributed by atoms with van der Waals surface area (Å²) in [7, 11) is 0. The van der Waals surface area contributed by atoms with E-state index in [1.54, 1.807) is 17.7 Å². The number of nitrogens with zero attached hydrogens (tertiary/aromatic N) is 2. The van der Waals surface area contributed by atoms with Crippen molar-refractivity contribution < 1.29 is 4.79 Å². The van der Waals surface area contributed by atoms with Crippen LogP contribution in [0.25, 0.3) is 10.1 Å². The minimum absolute atomic E-state index is 0.0102. The van der Waals surface area contributed by atoms with Crippen molar-refractivity contribution in [2.24, 2.45) is 0 Å². The van der Waals surface area contributed by atoms with Gasteiger partial charge in [-0.3, -0.25) is 4.79 Å². The summed E-state index contributed by atoms with van der Waals surface area (Å²) in [5.74, 6) is 0.0102. The number of benzene rings is 1. The van der Waals surface area contributed by atoms with Gasteiger partial charge in [0.05, 0.1) is 12.0 Å². The molecule has 0 spiro atoms. The van der Waals surface area contributed by atoms with Crippen molar-refractivity contribution in [3.63, 3.8) is 0 Å². The van der Waals surface area contributed by atoms with Crippen LogP contribution in [0.15, 0.2) is 42.9 Å². The Balaban J connectivity index is 1.60. The van der Waals surface area contributed by atoms with Gasteiger partial charge in [-0.15, -0.1) is 11.3 Å². The second-order valence-corrected chi connectivity index (χ2v) is 7.41. The molecule has 5 heteroatoms. The normalized spacial score (nSPS) is 11.8. The second-order valence-electron chi connectivity index (χ2n) is 6.24. The third-order valence-corrected chi connectivity index (χ3v) is 5.22. The number of aryl methyl sites for hydroxylation is 1. The SMILES string of the molecule is Cc1cn(C(C)(C)C(=O)NCCc2cc3ccccc3s2)cn1. The lowest BCUT2D eigenvalue weighted by Crippen LogP contribution is -2.44. The fourth-order valence-corrected chi connectivity index (χ4v) is 3.58. The first-order valence-electron chi connectivity index (χ1n) is 7.73. The van der Waals surface area contributed by atoms with Crippen LogP contribution in [0.1, 0.15) is 24.4 Å². The molecule has 0 fully saturated rings. The predicted molar refractivity (Wildman–Crippen MR) is 94.8 cm³/mol. The molecule has 0 bridgehead atoms. The van der Waals surface area contributed by atoms with E-state index in [0.29, 0.717) is 6.54 Å².